The topological polar surface area (TPSA) is 62.1 Å². The molecule has 1 N–H and O–H groups in total. The Balaban J connectivity index is 1.87. The van der Waals surface area contributed by atoms with Crippen LogP contribution in [0.25, 0.3) is 0 Å². The van der Waals surface area contributed by atoms with Crippen LogP contribution in [0.1, 0.15) is 12.8 Å². The summed E-state index contributed by atoms with van der Waals surface area (Å²) in [4.78, 5) is 11.3. The summed E-state index contributed by atoms with van der Waals surface area (Å²) >= 11 is 0. The molecule has 2 rings (SSSR count). The maximum atomic E-state index is 11.3. The van der Waals surface area contributed by atoms with Gasteiger partial charge in [0.15, 0.2) is 0 Å². The maximum Gasteiger partial charge on any atom is 0.229 e. The fraction of sp³-hybridized carbons (Fsp3) is 0.750. The molecule has 0 aromatic rings. The van der Waals surface area contributed by atoms with Crippen LogP contribution in [0.3, 0.4) is 0 Å². The van der Waals surface area contributed by atoms with E-state index in [9.17, 15) is 4.79 Å². The van der Waals surface area contributed by atoms with E-state index in [4.69, 9.17) is 10.00 Å². The van der Waals surface area contributed by atoms with E-state index in [1.165, 1.54) is 0 Å². The molecule has 64 valence electrons. The highest BCUT2D eigenvalue weighted by molar-refractivity contribution is 5.81. The van der Waals surface area contributed by atoms with Crippen LogP contribution >= 0.6 is 0 Å². The molecule has 1 aliphatic heterocycles. The Morgan fingerprint density at radius 3 is 2.58 bits per heavy atom. The molecule has 0 aromatic heterocycles. The fourth-order valence-corrected chi connectivity index (χ4v) is 1.11. The number of ether oxygens (including phenoxy) is 1. The molecule has 0 unspecified atom stereocenters. The largest absolute Gasteiger partial charge is 0.380 e. The monoisotopic (exact) mass is 166 g/mol. The van der Waals surface area contributed by atoms with Crippen molar-refractivity contribution in [3.63, 3.8) is 0 Å². The van der Waals surface area contributed by atoms with Gasteiger partial charge in [0.25, 0.3) is 0 Å². The van der Waals surface area contributed by atoms with Gasteiger partial charge in [-0.1, -0.05) is 0 Å². The molecule has 1 heterocycles. The summed E-state index contributed by atoms with van der Waals surface area (Å²) in [5.74, 6) is -0.0453. The molecule has 4 heteroatoms. The summed E-state index contributed by atoms with van der Waals surface area (Å²) in [6.07, 6.45) is 1.59. The smallest absolute Gasteiger partial charge is 0.229 e. The summed E-state index contributed by atoms with van der Waals surface area (Å²) in [5.41, 5.74) is -0.521. The highest BCUT2D eigenvalue weighted by atomic mass is 16.5. The number of nitrogens with zero attached hydrogens (tertiary/aromatic N) is 1. The van der Waals surface area contributed by atoms with Crippen LogP contribution in [-0.2, 0) is 9.53 Å². The number of carbonyl (C=O) groups excluding carboxylic acids is 1. The Morgan fingerprint density at radius 2 is 2.25 bits per heavy atom. The van der Waals surface area contributed by atoms with Gasteiger partial charge in [0.2, 0.25) is 5.91 Å². The third-order valence-corrected chi connectivity index (χ3v) is 2.34. The zero-order valence-electron chi connectivity index (χ0n) is 6.67. The van der Waals surface area contributed by atoms with Gasteiger partial charge in [-0.25, -0.2) is 0 Å². The average molecular weight is 166 g/mol. The predicted molar refractivity (Wildman–Crippen MR) is 40.0 cm³/mol. The third-order valence-electron chi connectivity index (χ3n) is 2.34. The number of rotatable bonds is 2. The first-order valence-electron chi connectivity index (χ1n) is 4.07. The molecule has 0 bridgehead atoms. The van der Waals surface area contributed by atoms with E-state index in [1.807, 2.05) is 0 Å². The average Bonchev–Trinajstić information content (AvgIpc) is 2.65. The predicted octanol–water partition coefficient (Wildman–Crippen LogP) is -0.195. The van der Waals surface area contributed by atoms with Crippen LogP contribution in [-0.4, -0.2) is 24.7 Å². The number of nitrogens with one attached hydrogen (secondary N) is 1. The Morgan fingerprint density at radius 1 is 1.58 bits per heavy atom. The van der Waals surface area contributed by atoms with E-state index in [2.05, 4.69) is 11.4 Å². The molecule has 0 spiro atoms. The van der Waals surface area contributed by atoms with E-state index in [0.29, 0.717) is 13.2 Å². The lowest BCUT2D eigenvalue weighted by atomic mass is 10.1. The van der Waals surface area contributed by atoms with Gasteiger partial charge in [-0.05, 0) is 12.8 Å². The molecule has 0 aromatic carbocycles. The number of nitriles is 1. The zero-order chi connectivity index (χ0) is 8.60. The molecule has 12 heavy (non-hydrogen) atoms. The second kappa shape index (κ2) is 2.46. The van der Waals surface area contributed by atoms with E-state index in [-0.39, 0.29) is 11.8 Å². The SMILES string of the molecule is N#CC1(NC(=O)C2COC2)CC1. The quantitative estimate of drug-likeness (QED) is 0.618. The minimum atomic E-state index is -0.521. The van der Waals surface area contributed by atoms with E-state index < -0.39 is 5.54 Å². The van der Waals surface area contributed by atoms with Crippen molar-refractivity contribution in [1.29, 1.82) is 5.26 Å². The number of hydrogen-bond donors (Lipinski definition) is 1. The highest BCUT2D eigenvalue weighted by Crippen LogP contribution is 2.34. The first kappa shape index (κ1) is 7.56. The lowest BCUT2D eigenvalue weighted by Crippen LogP contribution is -2.46. The highest BCUT2D eigenvalue weighted by Gasteiger charge is 2.46. The van der Waals surface area contributed by atoms with E-state index >= 15 is 0 Å². The first-order chi connectivity index (χ1) is 5.76. The van der Waals surface area contributed by atoms with Crippen molar-refractivity contribution in [2.24, 2.45) is 5.92 Å². The number of carbonyl (C=O) groups is 1. The Kier molecular flexibility index (Phi) is 1.55. The lowest BCUT2D eigenvalue weighted by molar-refractivity contribution is -0.139. The Labute approximate surface area is 70.5 Å². The Hall–Kier alpha value is -1.08. The van der Waals surface area contributed by atoms with Gasteiger partial charge in [-0.15, -0.1) is 0 Å². The van der Waals surface area contributed by atoms with Crippen molar-refractivity contribution in [2.75, 3.05) is 13.2 Å². The summed E-state index contributed by atoms with van der Waals surface area (Å²) < 4.78 is 4.88. The van der Waals surface area contributed by atoms with Gasteiger partial charge in [0.05, 0.1) is 25.2 Å². The molecule has 2 aliphatic rings. The molecule has 0 radical (unpaired) electrons. The van der Waals surface area contributed by atoms with Gasteiger partial charge in [-0.2, -0.15) is 5.26 Å². The van der Waals surface area contributed by atoms with Crippen LogP contribution in [0.5, 0.6) is 0 Å². The van der Waals surface area contributed by atoms with Crippen molar-refractivity contribution >= 4 is 5.91 Å². The molecule has 1 amide bonds. The van der Waals surface area contributed by atoms with Crippen molar-refractivity contribution < 1.29 is 9.53 Å². The van der Waals surface area contributed by atoms with Crippen LogP contribution in [0.15, 0.2) is 0 Å². The summed E-state index contributed by atoms with van der Waals surface area (Å²) in [6.45, 7) is 1.01. The normalized spacial score (nSPS) is 25.2. The maximum absolute atomic E-state index is 11.3. The van der Waals surface area contributed by atoms with Gasteiger partial charge >= 0.3 is 0 Å². The molecular weight excluding hydrogens is 156 g/mol. The molecule has 1 saturated carbocycles. The number of amides is 1. The van der Waals surface area contributed by atoms with Gasteiger partial charge < -0.3 is 10.1 Å². The lowest BCUT2D eigenvalue weighted by Gasteiger charge is -2.25. The molecular formula is C8H10N2O2. The fourth-order valence-electron chi connectivity index (χ4n) is 1.11. The van der Waals surface area contributed by atoms with Crippen molar-refractivity contribution in [3.05, 3.63) is 0 Å². The van der Waals surface area contributed by atoms with Crippen LogP contribution in [0.2, 0.25) is 0 Å². The van der Waals surface area contributed by atoms with Crippen LogP contribution in [0, 0.1) is 17.2 Å². The van der Waals surface area contributed by atoms with Crippen LogP contribution in [0.4, 0.5) is 0 Å². The zero-order valence-corrected chi connectivity index (χ0v) is 6.67. The molecule has 4 nitrogen and oxygen atoms in total. The second-order valence-corrected chi connectivity index (χ2v) is 3.42. The van der Waals surface area contributed by atoms with Gasteiger partial charge in [0.1, 0.15) is 5.54 Å². The minimum Gasteiger partial charge on any atom is -0.380 e. The summed E-state index contributed by atoms with van der Waals surface area (Å²) in [7, 11) is 0. The van der Waals surface area contributed by atoms with Crippen molar-refractivity contribution in [3.8, 4) is 6.07 Å². The molecule has 2 fully saturated rings. The first-order valence-corrected chi connectivity index (χ1v) is 4.07. The van der Waals surface area contributed by atoms with Crippen molar-refractivity contribution in [1.82, 2.24) is 5.32 Å². The Bertz CT molecular complexity index is 248. The standard InChI is InChI=1S/C8H10N2O2/c9-5-8(1-2-8)10-7(11)6-3-12-4-6/h6H,1-4H2,(H,10,11). The van der Waals surface area contributed by atoms with Gasteiger partial charge in [0, 0.05) is 0 Å². The van der Waals surface area contributed by atoms with Gasteiger partial charge in [-0.3, -0.25) is 4.79 Å². The molecule has 1 saturated heterocycles. The van der Waals surface area contributed by atoms with Crippen LogP contribution < -0.4 is 5.32 Å². The second-order valence-electron chi connectivity index (χ2n) is 3.42. The molecule has 1 aliphatic carbocycles. The summed E-state index contributed by atoms with van der Waals surface area (Å²) in [5, 5.41) is 11.4. The van der Waals surface area contributed by atoms with E-state index in [0.717, 1.165) is 12.8 Å². The summed E-state index contributed by atoms with van der Waals surface area (Å²) in [6, 6.07) is 2.11. The van der Waals surface area contributed by atoms with Crippen molar-refractivity contribution in [2.45, 2.75) is 18.4 Å². The molecule has 0 atom stereocenters. The minimum absolute atomic E-state index is 0.0178. The third kappa shape index (κ3) is 1.16. The number of hydrogen-bond acceptors (Lipinski definition) is 3. The van der Waals surface area contributed by atoms with E-state index in [1.54, 1.807) is 0 Å².